The van der Waals surface area contributed by atoms with Gasteiger partial charge in [0.2, 0.25) is 5.91 Å². The van der Waals surface area contributed by atoms with E-state index >= 15 is 0 Å². The average Bonchev–Trinajstić information content (AvgIpc) is 2.83. The highest BCUT2D eigenvalue weighted by molar-refractivity contribution is 7.11. The van der Waals surface area contributed by atoms with Crippen molar-refractivity contribution < 1.29 is 4.79 Å². The van der Waals surface area contributed by atoms with Gasteiger partial charge in [0.15, 0.2) is 0 Å². The molecule has 1 heterocycles. The molecule has 25 heavy (non-hydrogen) atoms. The molecule has 7 heteroatoms. The van der Waals surface area contributed by atoms with Gasteiger partial charge < -0.3 is 10.6 Å². The lowest BCUT2D eigenvalue weighted by Gasteiger charge is -2.44. The third-order valence-electron chi connectivity index (χ3n) is 6.01. The minimum Gasteiger partial charge on any atom is -0.338 e. The summed E-state index contributed by atoms with van der Waals surface area (Å²) in [4.78, 5) is 20.7. The summed E-state index contributed by atoms with van der Waals surface area (Å²) >= 11 is 1.71. The predicted octanol–water partition coefficient (Wildman–Crippen LogP) is 4.28. The van der Waals surface area contributed by atoms with Crippen molar-refractivity contribution in [2.24, 2.45) is 23.5 Å². The Balaban J connectivity index is 0.00000156. The molecule has 1 aromatic rings. The molecule has 4 nitrogen and oxygen atoms in total. The number of thiazole rings is 1. The third kappa shape index (κ3) is 4.49. The van der Waals surface area contributed by atoms with E-state index in [0.29, 0.717) is 23.8 Å². The van der Waals surface area contributed by atoms with E-state index in [-0.39, 0.29) is 36.8 Å². The van der Waals surface area contributed by atoms with Gasteiger partial charge in [-0.1, -0.05) is 6.42 Å². The zero-order valence-corrected chi connectivity index (χ0v) is 18.0. The quantitative estimate of drug-likeness (QED) is 0.812. The molecule has 2 N–H and O–H groups in total. The smallest absolute Gasteiger partial charge is 0.225 e. The molecule has 0 radical (unpaired) electrons. The lowest BCUT2D eigenvalue weighted by molar-refractivity contribution is -0.139. The zero-order chi connectivity index (χ0) is 16.7. The highest BCUT2D eigenvalue weighted by atomic mass is 35.5. The number of amides is 1. The fourth-order valence-electron chi connectivity index (χ4n) is 4.58. The monoisotopic (exact) mass is 407 g/mol. The van der Waals surface area contributed by atoms with Crippen LogP contribution in [0.3, 0.4) is 0 Å². The highest BCUT2D eigenvalue weighted by Gasteiger charge is 2.41. The largest absolute Gasteiger partial charge is 0.338 e. The number of carbonyl (C=O) groups is 1. The minimum atomic E-state index is 0. The second-order valence-corrected chi connectivity index (χ2v) is 8.74. The average molecular weight is 408 g/mol. The standard InChI is InChI=1S/C18H29N3OS.2ClH/c1-10-17(23-12(3)20-10)11(2)21(4)18(22)15-8-13-6-5-7-14(9-15)16(13)19;;/h11,13-16H,5-9,19H2,1-4H3;2*1H. The van der Waals surface area contributed by atoms with E-state index in [9.17, 15) is 4.79 Å². The van der Waals surface area contributed by atoms with Crippen molar-refractivity contribution in [2.45, 2.75) is 65.0 Å². The topological polar surface area (TPSA) is 59.2 Å². The van der Waals surface area contributed by atoms with Crippen LogP contribution >= 0.6 is 36.2 Å². The number of halogens is 2. The van der Waals surface area contributed by atoms with E-state index in [0.717, 1.165) is 23.5 Å². The Morgan fingerprint density at radius 2 is 1.80 bits per heavy atom. The maximum absolute atomic E-state index is 13.0. The fourth-order valence-corrected chi connectivity index (χ4v) is 5.60. The summed E-state index contributed by atoms with van der Waals surface area (Å²) in [6.07, 6.45) is 5.65. The highest BCUT2D eigenvalue weighted by Crippen LogP contribution is 2.43. The first-order valence-electron chi connectivity index (χ1n) is 8.84. The number of hydrogen-bond acceptors (Lipinski definition) is 4. The van der Waals surface area contributed by atoms with Crippen molar-refractivity contribution in [3.63, 3.8) is 0 Å². The predicted molar refractivity (Wildman–Crippen MR) is 109 cm³/mol. The van der Waals surface area contributed by atoms with Crippen LogP contribution in [0, 0.1) is 31.6 Å². The van der Waals surface area contributed by atoms with Crippen LogP contribution in [-0.2, 0) is 4.79 Å². The molecule has 0 aromatic carbocycles. The Hall–Kier alpha value is -0.360. The molecular weight excluding hydrogens is 377 g/mol. The molecule has 0 spiro atoms. The van der Waals surface area contributed by atoms with Crippen molar-refractivity contribution in [3.05, 3.63) is 15.6 Å². The van der Waals surface area contributed by atoms with Crippen LogP contribution in [0.4, 0.5) is 0 Å². The Bertz CT molecular complexity index is 581. The summed E-state index contributed by atoms with van der Waals surface area (Å²) < 4.78 is 0. The second kappa shape index (κ2) is 9.03. The molecule has 3 unspecified atom stereocenters. The van der Waals surface area contributed by atoms with Crippen molar-refractivity contribution in [2.75, 3.05) is 7.05 Å². The van der Waals surface area contributed by atoms with Gasteiger partial charge in [-0.15, -0.1) is 36.2 Å². The van der Waals surface area contributed by atoms with Crippen LogP contribution in [0.25, 0.3) is 0 Å². The Morgan fingerprint density at radius 1 is 1.24 bits per heavy atom. The minimum absolute atomic E-state index is 0. The van der Waals surface area contributed by atoms with Crippen LogP contribution in [-0.4, -0.2) is 28.9 Å². The molecule has 0 saturated heterocycles. The van der Waals surface area contributed by atoms with Crippen molar-refractivity contribution in [3.8, 4) is 0 Å². The molecule has 1 aromatic heterocycles. The Morgan fingerprint density at radius 3 is 2.28 bits per heavy atom. The summed E-state index contributed by atoms with van der Waals surface area (Å²) in [6, 6.07) is 0.422. The van der Waals surface area contributed by atoms with Gasteiger partial charge in [0.1, 0.15) is 0 Å². The first-order chi connectivity index (χ1) is 10.9. The van der Waals surface area contributed by atoms with Gasteiger partial charge in [-0.3, -0.25) is 4.79 Å². The van der Waals surface area contributed by atoms with E-state index in [1.807, 2.05) is 25.8 Å². The number of carbonyl (C=O) groups excluding carboxylic acids is 1. The Labute approximate surface area is 167 Å². The maximum Gasteiger partial charge on any atom is 0.225 e. The number of nitrogens with zero attached hydrogens (tertiary/aromatic N) is 2. The second-order valence-electron chi connectivity index (χ2n) is 7.50. The van der Waals surface area contributed by atoms with Crippen molar-refractivity contribution in [1.82, 2.24) is 9.88 Å². The van der Waals surface area contributed by atoms with Crippen LogP contribution in [0.15, 0.2) is 0 Å². The van der Waals surface area contributed by atoms with Crippen LogP contribution in [0.1, 0.15) is 60.6 Å². The molecule has 1 amide bonds. The molecule has 3 rings (SSSR count). The van der Waals surface area contributed by atoms with E-state index in [1.54, 1.807) is 11.3 Å². The summed E-state index contributed by atoms with van der Waals surface area (Å²) in [5.74, 6) is 1.55. The van der Waals surface area contributed by atoms with Crippen molar-refractivity contribution >= 4 is 42.1 Å². The van der Waals surface area contributed by atoms with Gasteiger partial charge in [0, 0.05) is 23.9 Å². The van der Waals surface area contributed by atoms with Gasteiger partial charge in [0.25, 0.3) is 0 Å². The number of rotatable bonds is 3. The molecular formula is C18H31Cl2N3OS. The molecule has 2 fully saturated rings. The Kier molecular flexibility index (Phi) is 8.19. The van der Waals surface area contributed by atoms with Crippen molar-refractivity contribution in [1.29, 1.82) is 0 Å². The molecule has 2 aliphatic carbocycles. The number of fused-ring (bicyclic) bond motifs is 2. The lowest BCUT2D eigenvalue weighted by atomic mass is 9.65. The number of nitrogens with two attached hydrogens (primary N) is 1. The zero-order valence-electron chi connectivity index (χ0n) is 15.5. The van der Waals surface area contributed by atoms with E-state index < -0.39 is 0 Å². The van der Waals surface area contributed by atoms with Gasteiger partial charge in [-0.2, -0.15) is 0 Å². The first kappa shape index (κ1) is 22.7. The molecule has 0 aliphatic heterocycles. The normalized spacial score (nSPS) is 29.2. The number of aromatic nitrogens is 1. The maximum atomic E-state index is 13.0. The van der Waals surface area contributed by atoms with Crippen LogP contribution in [0.2, 0.25) is 0 Å². The van der Waals surface area contributed by atoms with E-state index in [1.165, 1.54) is 24.1 Å². The lowest BCUT2D eigenvalue weighted by Crippen LogP contribution is -2.49. The van der Waals surface area contributed by atoms with Gasteiger partial charge >= 0.3 is 0 Å². The van der Waals surface area contributed by atoms with Crippen LogP contribution in [0.5, 0.6) is 0 Å². The third-order valence-corrected chi connectivity index (χ3v) is 7.25. The summed E-state index contributed by atoms with van der Waals surface area (Å²) in [5, 5.41) is 1.07. The first-order valence-corrected chi connectivity index (χ1v) is 9.66. The van der Waals surface area contributed by atoms with Crippen LogP contribution < -0.4 is 5.73 Å². The van der Waals surface area contributed by atoms with Gasteiger partial charge in [0.05, 0.1) is 16.7 Å². The summed E-state index contributed by atoms with van der Waals surface area (Å²) in [6.45, 7) is 6.18. The summed E-state index contributed by atoms with van der Waals surface area (Å²) in [5.41, 5.74) is 7.42. The van der Waals surface area contributed by atoms with Gasteiger partial charge in [-0.05, 0) is 58.3 Å². The SMILES string of the molecule is Cc1nc(C)c(C(C)N(C)C(=O)C2CC3CCCC(C2)C3N)s1.Cl.Cl. The molecule has 144 valence electrons. The number of aryl methyl sites for hydroxylation is 2. The molecule has 2 aliphatic rings. The molecule has 2 bridgehead atoms. The summed E-state index contributed by atoms with van der Waals surface area (Å²) in [7, 11) is 1.95. The van der Waals surface area contributed by atoms with Gasteiger partial charge in [-0.25, -0.2) is 4.98 Å². The fraction of sp³-hybridized carbons (Fsp3) is 0.778. The number of hydrogen-bond donors (Lipinski definition) is 1. The molecule has 2 saturated carbocycles. The van der Waals surface area contributed by atoms with E-state index in [4.69, 9.17) is 5.73 Å². The molecule has 3 atom stereocenters. The van der Waals surface area contributed by atoms with E-state index in [2.05, 4.69) is 11.9 Å².